The predicted molar refractivity (Wildman–Crippen MR) is 65.8 cm³/mol. The van der Waals surface area contributed by atoms with Crippen LogP contribution in [0.4, 0.5) is 0 Å². The molecule has 2 amide bonds. The summed E-state index contributed by atoms with van der Waals surface area (Å²) in [5.74, 6) is -1.70. The summed E-state index contributed by atoms with van der Waals surface area (Å²) in [5, 5.41) is 9.01. The highest BCUT2D eigenvalue weighted by molar-refractivity contribution is 6.22. The molecule has 98 valence electrons. The van der Waals surface area contributed by atoms with Crippen LogP contribution in [0.2, 0.25) is 0 Å². The lowest BCUT2D eigenvalue weighted by atomic mass is 9.73. The summed E-state index contributed by atoms with van der Waals surface area (Å²) in [5.41, 5.74) is -0.0627. The van der Waals surface area contributed by atoms with E-state index in [-0.39, 0.29) is 18.2 Å². The fourth-order valence-electron chi connectivity index (χ4n) is 2.97. The molecule has 19 heavy (non-hydrogen) atoms. The third kappa shape index (κ3) is 1.58. The minimum Gasteiger partial charge on any atom is -0.481 e. The normalized spacial score (nSPS) is 20.1. The second-order valence-corrected chi connectivity index (χ2v) is 5.14. The third-order valence-electron chi connectivity index (χ3n) is 4.03. The zero-order chi connectivity index (χ0) is 13.6. The Kier molecular flexibility index (Phi) is 2.45. The Morgan fingerprint density at radius 2 is 1.68 bits per heavy atom. The zero-order valence-corrected chi connectivity index (χ0v) is 10.3. The van der Waals surface area contributed by atoms with Crippen molar-refractivity contribution in [1.82, 2.24) is 4.90 Å². The number of nitrogens with zero attached hydrogens (tertiary/aromatic N) is 1. The van der Waals surface area contributed by atoms with Gasteiger partial charge < -0.3 is 5.11 Å². The molecule has 3 rings (SSSR count). The van der Waals surface area contributed by atoms with E-state index in [1.165, 1.54) is 4.90 Å². The van der Waals surface area contributed by atoms with E-state index in [1.54, 1.807) is 24.3 Å². The zero-order valence-electron chi connectivity index (χ0n) is 10.3. The molecule has 5 heteroatoms. The van der Waals surface area contributed by atoms with Gasteiger partial charge >= 0.3 is 5.97 Å². The van der Waals surface area contributed by atoms with Crippen molar-refractivity contribution >= 4 is 17.8 Å². The maximum Gasteiger partial charge on any atom is 0.305 e. The predicted octanol–water partition coefficient (Wildman–Crippen LogP) is 1.68. The van der Waals surface area contributed by atoms with E-state index in [0.29, 0.717) is 24.0 Å². The maximum atomic E-state index is 12.3. The number of carbonyl (C=O) groups excluding carboxylic acids is 2. The summed E-state index contributed by atoms with van der Waals surface area (Å²) in [4.78, 5) is 36.9. The molecule has 1 aliphatic heterocycles. The van der Waals surface area contributed by atoms with Crippen LogP contribution in [-0.2, 0) is 4.79 Å². The highest BCUT2D eigenvalue weighted by Crippen LogP contribution is 2.44. The number of amides is 2. The van der Waals surface area contributed by atoms with Crippen LogP contribution in [0.25, 0.3) is 0 Å². The summed E-state index contributed by atoms with van der Waals surface area (Å²) >= 11 is 0. The Morgan fingerprint density at radius 1 is 1.16 bits per heavy atom. The van der Waals surface area contributed by atoms with Gasteiger partial charge in [-0.3, -0.25) is 19.3 Å². The molecular weight excluding hydrogens is 246 g/mol. The van der Waals surface area contributed by atoms with Gasteiger partial charge in [0.1, 0.15) is 0 Å². The molecule has 1 aromatic carbocycles. The summed E-state index contributed by atoms with van der Waals surface area (Å²) < 4.78 is 0. The molecule has 1 aliphatic carbocycles. The molecule has 1 saturated carbocycles. The highest BCUT2D eigenvalue weighted by Gasteiger charge is 2.53. The van der Waals surface area contributed by atoms with Crippen molar-refractivity contribution in [2.75, 3.05) is 0 Å². The van der Waals surface area contributed by atoms with Crippen molar-refractivity contribution in [2.24, 2.45) is 0 Å². The van der Waals surface area contributed by atoms with Gasteiger partial charge in [-0.25, -0.2) is 0 Å². The number of fused-ring (bicyclic) bond motifs is 1. The van der Waals surface area contributed by atoms with Gasteiger partial charge in [-0.2, -0.15) is 0 Å². The highest BCUT2D eigenvalue weighted by atomic mass is 16.4. The van der Waals surface area contributed by atoms with Gasteiger partial charge in [-0.05, 0) is 31.4 Å². The first kappa shape index (κ1) is 11.9. The van der Waals surface area contributed by atoms with Crippen molar-refractivity contribution in [2.45, 2.75) is 31.2 Å². The Morgan fingerprint density at radius 3 is 2.05 bits per heavy atom. The van der Waals surface area contributed by atoms with Gasteiger partial charge in [0, 0.05) is 0 Å². The molecule has 1 aromatic rings. The maximum absolute atomic E-state index is 12.3. The second-order valence-electron chi connectivity index (χ2n) is 5.14. The van der Waals surface area contributed by atoms with Crippen molar-refractivity contribution in [3.05, 3.63) is 35.4 Å². The molecule has 0 bridgehead atoms. The number of hydrogen-bond acceptors (Lipinski definition) is 3. The molecule has 0 unspecified atom stereocenters. The number of carboxylic acid groups (broad SMARTS) is 1. The van der Waals surface area contributed by atoms with Crippen molar-refractivity contribution < 1.29 is 19.5 Å². The van der Waals surface area contributed by atoms with Gasteiger partial charge in [0.05, 0.1) is 23.1 Å². The van der Waals surface area contributed by atoms with Crippen LogP contribution in [0.5, 0.6) is 0 Å². The SMILES string of the molecule is O=C(O)CC1(N2C(=O)c3ccccc3C2=O)CCC1. The van der Waals surface area contributed by atoms with E-state index >= 15 is 0 Å². The Bertz CT molecular complexity index is 554. The molecule has 1 heterocycles. The number of rotatable bonds is 3. The van der Waals surface area contributed by atoms with Gasteiger partial charge in [-0.15, -0.1) is 0 Å². The van der Waals surface area contributed by atoms with E-state index in [4.69, 9.17) is 5.11 Å². The lowest BCUT2D eigenvalue weighted by molar-refractivity contribution is -0.141. The van der Waals surface area contributed by atoms with Crippen LogP contribution in [0, 0.1) is 0 Å². The minimum atomic E-state index is -0.976. The molecule has 1 fully saturated rings. The first-order valence-electron chi connectivity index (χ1n) is 6.25. The number of carboxylic acids is 1. The fourth-order valence-corrected chi connectivity index (χ4v) is 2.97. The van der Waals surface area contributed by atoms with E-state index in [0.717, 1.165) is 6.42 Å². The van der Waals surface area contributed by atoms with E-state index in [9.17, 15) is 14.4 Å². The first-order chi connectivity index (χ1) is 9.05. The van der Waals surface area contributed by atoms with Crippen LogP contribution in [0.15, 0.2) is 24.3 Å². The lowest BCUT2D eigenvalue weighted by Gasteiger charge is -2.46. The first-order valence-corrected chi connectivity index (χ1v) is 6.25. The van der Waals surface area contributed by atoms with Crippen LogP contribution in [0.3, 0.4) is 0 Å². The van der Waals surface area contributed by atoms with Crippen molar-refractivity contribution in [3.8, 4) is 0 Å². The Hall–Kier alpha value is -2.17. The molecular formula is C14H13NO4. The smallest absolute Gasteiger partial charge is 0.305 e. The number of imide groups is 1. The largest absolute Gasteiger partial charge is 0.481 e. The van der Waals surface area contributed by atoms with Crippen LogP contribution in [-0.4, -0.2) is 33.3 Å². The quantitative estimate of drug-likeness (QED) is 0.838. The fraction of sp³-hybridized carbons (Fsp3) is 0.357. The Labute approximate surface area is 109 Å². The van der Waals surface area contributed by atoms with Crippen LogP contribution in [0.1, 0.15) is 46.4 Å². The van der Waals surface area contributed by atoms with Gasteiger partial charge in [0.15, 0.2) is 0 Å². The summed E-state index contributed by atoms with van der Waals surface area (Å²) in [6, 6.07) is 6.64. The number of aliphatic carboxylic acids is 1. The average Bonchev–Trinajstić information content (AvgIpc) is 2.58. The topological polar surface area (TPSA) is 74.7 Å². The molecule has 5 nitrogen and oxygen atoms in total. The van der Waals surface area contributed by atoms with Gasteiger partial charge in [0.2, 0.25) is 0 Å². The Balaban J connectivity index is 2.01. The van der Waals surface area contributed by atoms with E-state index in [2.05, 4.69) is 0 Å². The number of hydrogen-bond donors (Lipinski definition) is 1. The molecule has 0 aromatic heterocycles. The average molecular weight is 259 g/mol. The molecule has 0 radical (unpaired) electrons. The second kappa shape index (κ2) is 3.91. The number of benzene rings is 1. The molecule has 1 N–H and O–H groups in total. The lowest BCUT2D eigenvalue weighted by Crippen LogP contribution is -2.57. The van der Waals surface area contributed by atoms with Crippen LogP contribution < -0.4 is 0 Å². The minimum absolute atomic E-state index is 0.168. The molecule has 0 spiro atoms. The van der Waals surface area contributed by atoms with Crippen molar-refractivity contribution in [1.29, 1.82) is 0 Å². The van der Waals surface area contributed by atoms with Crippen LogP contribution >= 0.6 is 0 Å². The summed E-state index contributed by atoms with van der Waals surface area (Å²) in [7, 11) is 0. The summed E-state index contributed by atoms with van der Waals surface area (Å²) in [6.07, 6.45) is 1.83. The van der Waals surface area contributed by atoms with Crippen molar-refractivity contribution in [3.63, 3.8) is 0 Å². The van der Waals surface area contributed by atoms with E-state index < -0.39 is 11.5 Å². The van der Waals surface area contributed by atoms with E-state index in [1.807, 2.05) is 0 Å². The van der Waals surface area contributed by atoms with Gasteiger partial charge in [0.25, 0.3) is 11.8 Å². The van der Waals surface area contributed by atoms with Gasteiger partial charge in [-0.1, -0.05) is 12.1 Å². The summed E-state index contributed by atoms with van der Waals surface area (Å²) in [6.45, 7) is 0. The molecule has 0 saturated heterocycles. The molecule has 2 aliphatic rings. The molecule has 0 atom stereocenters. The third-order valence-corrected chi connectivity index (χ3v) is 4.03. The number of carbonyl (C=O) groups is 3. The standard InChI is InChI=1S/C14H13NO4/c16-11(17)8-14(6-3-7-14)15-12(18)9-4-1-2-5-10(9)13(15)19/h1-2,4-5H,3,6-8H2,(H,16,17). The monoisotopic (exact) mass is 259 g/mol.